The maximum atomic E-state index is 7.50. The molecule has 0 aliphatic heterocycles. The van der Waals surface area contributed by atoms with Crippen LogP contribution in [0.15, 0.2) is 24.3 Å². The van der Waals surface area contributed by atoms with Gasteiger partial charge in [0.2, 0.25) is 0 Å². The van der Waals surface area contributed by atoms with E-state index < -0.39 is 0 Å². The molecule has 0 fully saturated rings. The minimum absolute atomic E-state index is 1.94. The summed E-state index contributed by atoms with van der Waals surface area (Å²) in [5.41, 5.74) is 0. The molecule has 5 heteroatoms. The Morgan fingerprint density at radius 3 is 1.19 bits per heavy atom. The molecule has 1 radical (unpaired) electrons. The molecule has 4 nitrogen and oxygen atoms in total. The third-order valence-corrected chi connectivity index (χ3v) is 1.51. The van der Waals surface area contributed by atoms with Crippen molar-refractivity contribution in [1.29, 1.82) is 0 Å². The quantitative estimate of drug-likeness (QED) is 0.511. The second-order valence-corrected chi connectivity index (χ2v) is 2.40. The first-order valence-electron chi connectivity index (χ1n) is 3.69. The Morgan fingerprint density at radius 2 is 1.12 bits per heavy atom. The monoisotopic (exact) mass is 257 g/mol. The van der Waals surface area contributed by atoms with Gasteiger partial charge in [-0.1, -0.05) is 24.3 Å². The van der Waals surface area contributed by atoms with Crippen LogP contribution in [-0.2, 0) is 30.9 Å². The fourth-order valence-electron chi connectivity index (χ4n) is 0.321. The molecule has 0 saturated carbocycles. The number of rotatable bonds is 1. The van der Waals surface area contributed by atoms with Gasteiger partial charge in [-0.2, -0.15) is 0 Å². The topological polar surface area (TPSA) is 62.9 Å². The van der Waals surface area contributed by atoms with E-state index in [-0.39, 0.29) is 0 Å². The molecule has 0 amide bonds. The Labute approximate surface area is 106 Å². The molecule has 0 heterocycles. The molecule has 0 atom stereocenters. The van der Waals surface area contributed by atoms with Gasteiger partial charge < -0.3 is 0 Å². The van der Waals surface area contributed by atoms with E-state index in [4.69, 9.17) is 14.0 Å². The Morgan fingerprint density at radius 1 is 0.875 bits per heavy atom. The molecule has 0 aromatic heterocycles. The molecule has 84 valence electrons. The van der Waals surface area contributed by atoms with E-state index in [1.165, 1.54) is 0 Å². The average molecular weight is 257 g/mol. The van der Waals surface area contributed by atoms with Gasteiger partial charge >= 0.3 is 74.7 Å². The summed E-state index contributed by atoms with van der Waals surface area (Å²) < 4.78 is 22.5. The van der Waals surface area contributed by atoms with Crippen molar-refractivity contribution < 1.29 is 30.9 Å². The summed E-state index contributed by atoms with van der Waals surface area (Å²) in [7, 11) is 3.97. The SMILES string of the molecule is CN(C)[CH]=[V].[C-]#[O+].[C-]#[O+].[C-]#[O+].[CH]1C=CC=C1. The molecular weight excluding hydrogens is 245 g/mol. The molecule has 0 N–H and O–H groups in total. The average Bonchev–Trinajstić information content (AvgIpc) is 2.95. The Balaban J connectivity index is -0.0000000619. The van der Waals surface area contributed by atoms with Crippen molar-refractivity contribution in [2.75, 3.05) is 14.1 Å². The summed E-state index contributed by atoms with van der Waals surface area (Å²) in [6.07, 6.45) is 10.0. The largest absolute Gasteiger partial charge is 0.0767 e. The minimum atomic E-state index is 1.94. The Bertz CT molecular complexity index is 215. The van der Waals surface area contributed by atoms with E-state index in [2.05, 4.69) is 36.9 Å². The molecule has 0 spiro atoms. The van der Waals surface area contributed by atoms with Crippen LogP contribution in [0.4, 0.5) is 0 Å². The van der Waals surface area contributed by atoms with Crippen molar-refractivity contribution in [3.05, 3.63) is 50.7 Å². The smallest absolute Gasteiger partial charge is 0.00506 e. The van der Waals surface area contributed by atoms with Gasteiger partial charge in [-0.3, -0.25) is 0 Å². The van der Waals surface area contributed by atoms with E-state index in [0.717, 1.165) is 0 Å². The predicted octanol–water partition coefficient (Wildman–Crippen LogP) is 1.06. The van der Waals surface area contributed by atoms with Gasteiger partial charge in [0.1, 0.15) is 0 Å². The molecule has 16 heavy (non-hydrogen) atoms. The van der Waals surface area contributed by atoms with E-state index in [1.54, 1.807) is 0 Å². The Hall–Kier alpha value is -0.886. The molecular formula is C11H12NO3V. The molecule has 0 saturated heterocycles. The summed E-state index contributed by atoms with van der Waals surface area (Å²) in [5, 5.41) is 0. The molecule has 0 aromatic rings. The van der Waals surface area contributed by atoms with Crippen LogP contribution in [0, 0.1) is 26.4 Å². The van der Waals surface area contributed by atoms with Gasteiger partial charge in [0.15, 0.2) is 0 Å². The van der Waals surface area contributed by atoms with Crippen LogP contribution in [0.3, 0.4) is 0 Å². The van der Waals surface area contributed by atoms with E-state index in [1.807, 2.05) is 54.6 Å². The van der Waals surface area contributed by atoms with E-state index in [0.29, 0.717) is 0 Å². The van der Waals surface area contributed by atoms with E-state index >= 15 is 0 Å². The van der Waals surface area contributed by atoms with Crippen LogP contribution in [-0.4, -0.2) is 23.8 Å². The zero-order valence-corrected chi connectivity index (χ0v) is 10.5. The standard InChI is InChI=1S/C5H5.C3H7N.3CO.V/c1-2-4-5-3-1;1-4(2)3;3*1-2;/h1-5H;1H,2-3H3;;;;. The zero-order valence-electron chi connectivity index (χ0n) is 9.08. The van der Waals surface area contributed by atoms with Gasteiger partial charge in [0.25, 0.3) is 0 Å². The zero-order chi connectivity index (χ0) is 13.8. The summed E-state index contributed by atoms with van der Waals surface area (Å²) in [5.74, 6) is 0. The first-order valence-corrected chi connectivity index (χ1v) is 4.50. The maximum Gasteiger partial charge on any atom is 0.00506 e. The molecule has 1 aliphatic carbocycles. The van der Waals surface area contributed by atoms with Crippen LogP contribution in [0.25, 0.3) is 0 Å². The van der Waals surface area contributed by atoms with Crippen LogP contribution < -0.4 is 0 Å². The predicted molar refractivity (Wildman–Crippen MR) is 54.1 cm³/mol. The molecule has 0 bridgehead atoms. The van der Waals surface area contributed by atoms with Gasteiger partial charge in [-0.05, 0) is 0 Å². The van der Waals surface area contributed by atoms with Gasteiger partial charge in [0.05, 0.1) is 0 Å². The molecule has 0 aromatic carbocycles. The van der Waals surface area contributed by atoms with Gasteiger partial charge in [-0.25, -0.2) is 0 Å². The first kappa shape index (κ1) is 24.4. The van der Waals surface area contributed by atoms with Crippen molar-refractivity contribution in [1.82, 2.24) is 4.90 Å². The van der Waals surface area contributed by atoms with Crippen molar-refractivity contribution in [3.8, 4) is 0 Å². The summed E-state index contributed by atoms with van der Waals surface area (Å²) >= 11 is 2.37. The third-order valence-electron chi connectivity index (χ3n) is 0.786. The van der Waals surface area contributed by atoms with Crippen LogP contribution in [0.1, 0.15) is 0 Å². The van der Waals surface area contributed by atoms with Crippen LogP contribution in [0.5, 0.6) is 0 Å². The van der Waals surface area contributed by atoms with Crippen molar-refractivity contribution >= 4 is 4.85 Å². The van der Waals surface area contributed by atoms with Gasteiger partial charge in [0, 0.05) is 6.42 Å². The maximum absolute atomic E-state index is 7.50. The van der Waals surface area contributed by atoms with E-state index in [9.17, 15) is 0 Å². The fourth-order valence-corrected chi connectivity index (χ4v) is 0.321. The van der Waals surface area contributed by atoms with Crippen molar-refractivity contribution in [2.24, 2.45) is 0 Å². The number of hydrogen-bond acceptors (Lipinski definition) is 1. The number of allylic oxidation sites excluding steroid dienone is 4. The summed E-state index contributed by atoms with van der Waals surface area (Å²) in [6.45, 7) is 13.5. The number of nitrogens with zero attached hydrogens (tertiary/aromatic N) is 1. The fraction of sp³-hybridized carbons (Fsp3) is 0.182. The summed E-state index contributed by atoms with van der Waals surface area (Å²) in [4.78, 5) is 3.91. The van der Waals surface area contributed by atoms with Crippen LogP contribution >= 0.6 is 0 Å². The van der Waals surface area contributed by atoms with Crippen molar-refractivity contribution in [3.63, 3.8) is 0 Å². The third kappa shape index (κ3) is 51.5. The van der Waals surface area contributed by atoms with Crippen LogP contribution in [0.2, 0.25) is 0 Å². The number of hydrogen-bond donors (Lipinski definition) is 0. The summed E-state index contributed by atoms with van der Waals surface area (Å²) in [6, 6.07) is 0. The second kappa shape index (κ2) is 36.9. The van der Waals surface area contributed by atoms with Crippen molar-refractivity contribution in [2.45, 2.75) is 0 Å². The van der Waals surface area contributed by atoms with Gasteiger partial charge in [-0.15, -0.1) is 0 Å². The minimum Gasteiger partial charge on any atom is -0.0767 e. The Kier molecular flexibility index (Phi) is 56.2. The normalized spacial score (nSPS) is 8.50. The molecule has 1 rings (SSSR count). The molecule has 1 aliphatic rings. The second-order valence-electron chi connectivity index (χ2n) is 2.04. The first-order chi connectivity index (χ1) is 7.77. The molecule has 0 unspecified atom stereocenters.